The number of carbonyl (C=O) groups is 3. The van der Waals surface area contributed by atoms with Crippen LogP contribution in [0.4, 0.5) is 4.79 Å². The average molecular weight is 311 g/mol. The van der Waals surface area contributed by atoms with Crippen LogP contribution >= 0.6 is 0 Å². The van der Waals surface area contributed by atoms with E-state index in [1.807, 2.05) is 0 Å². The smallest absolute Gasteiger partial charge is 0.325 e. The van der Waals surface area contributed by atoms with Crippen LogP contribution in [0.2, 0.25) is 0 Å². The molecule has 0 unspecified atom stereocenters. The number of rotatable bonds is 5. The molecule has 0 bridgehead atoms. The molecule has 0 radical (unpaired) electrons. The Labute approximate surface area is 131 Å². The molecule has 7 nitrogen and oxygen atoms in total. The lowest BCUT2D eigenvalue weighted by atomic mass is 9.98. The molecule has 2 fully saturated rings. The van der Waals surface area contributed by atoms with Crippen LogP contribution in [0.25, 0.3) is 0 Å². The van der Waals surface area contributed by atoms with Crippen molar-refractivity contribution >= 4 is 17.9 Å². The number of ether oxygens (including phenoxy) is 1. The highest BCUT2D eigenvalue weighted by molar-refractivity contribution is 6.06. The minimum atomic E-state index is -0.827. The topological polar surface area (TPSA) is 79.0 Å². The number of amides is 3. The zero-order valence-electron chi connectivity index (χ0n) is 13.6. The Morgan fingerprint density at radius 1 is 1.36 bits per heavy atom. The van der Waals surface area contributed by atoms with Crippen LogP contribution in [0.5, 0.6) is 0 Å². The van der Waals surface area contributed by atoms with Crippen molar-refractivity contribution in [3.05, 3.63) is 0 Å². The van der Waals surface area contributed by atoms with Gasteiger partial charge >= 0.3 is 12.0 Å². The third-order valence-corrected chi connectivity index (χ3v) is 4.21. The van der Waals surface area contributed by atoms with Gasteiger partial charge in [-0.1, -0.05) is 0 Å². The van der Waals surface area contributed by atoms with E-state index in [-0.39, 0.29) is 23.8 Å². The van der Waals surface area contributed by atoms with Crippen LogP contribution in [0.15, 0.2) is 0 Å². The van der Waals surface area contributed by atoms with Gasteiger partial charge in [-0.05, 0) is 40.2 Å². The van der Waals surface area contributed by atoms with E-state index in [0.29, 0.717) is 26.2 Å². The Morgan fingerprint density at radius 2 is 2.09 bits per heavy atom. The van der Waals surface area contributed by atoms with Gasteiger partial charge in [0.25, 0.3) is 5.91 Å². The molecular formula is C15H25N3O4. The van der Waals surface area contributed by atoms with E-state index in [1.165, 1.54) is 4.90 Å². The maximum absolute atomic E-state index is 12.1. The molecule has 1 N–H and O–H groups in total. The zero-order valence-corrected chi connectivity index (χ0v) is 13.6. The SMILES string of the molecule is CCOC(=O)[C@H]1CCCN(CCN2C(=O)NC(C)(C)C2=O)C1. The van der Waals surface area contributed by atoms with Crippen molar-refractivity contribution in [2.75, 3.05) is 32.8 Å². The second-order valence-electron chi connectivity index (χ2n) is 6.40. The summed E-state index contributed by atoms with van der Waals surface area (Å²) in [5.74, 6) is -0.451. The molecule has 0 spiro atoms. The molecule has 22 heavy (non-hydrogen) atoms. The van der Waals surface area contributed by atoms with Crippen LogP contribution in [-0.2, 0) is 14.3 Å². The summed E-state index contributed by atoms with van der Waals surface area (Å²) >= 11 is 0. The summed E-state index contributed by atoms with van der Waals surface area (Å²) in [6.07, 6.45) is 1.76. The maximum Gasteiger partial charge on any atom is 0.325 e. The molecule has 7 heteroatoms. The standard InChI is InChI=1S/C15H25N3O4/c1-4-22-12(19)11-6-5-7-17(10-11)8-9-18-13(20)15(2,3)16-14(18)21/h11H,4-10H2,1-3H3,(H,16,21)/t11-/m0/s1. The Bertz CT molecular complexity index is 464. The number of piperidine rings is 1. The molecular weight excluding hydrogens is 286 g/mol. The summed E-state index contributed by atoms with van der Waals surface area (Å²) in [4.78, 5) is 39.1. The van der Waals surface area contributed by atoms with E-state index < -0.39 is 5.54 Å². The number of hydrogen-bond acceptors (Lipinski definition) is 5. The van der Waals surface area contributed by atoms with Crippen molar-refractivity contribution in [3.8, 4) is 0 Å². The number of likely N-dealkylation sites (tertiary alicyclic amines) is 1. The molecule has 0 aromatic carbocycles. The minimum Gasteiger partial charge on any atom is -0.466 e. The molecule has 0 aliphatic carbocycles. The fraction of sp³-hybridized carbons (Fsp3) is 0.800. The number of imide groups is 1. The molecule has 2 heterocycles. The molecule has 2 rings (SSSR count). The first-order chi connectivity index (χ1) is 10.3. The van der Waals surface area contributed by atoms with Gasteiger partial charge in [-0.25, -0.2) is 4.79 Å². The molecule has 3 amide bonds. The van der Waals surface area contributed by atoms with E-state index in [9.17, 15) is 14.4 Å². The normalized spacial score (nSPS) is 25.2. The fourth-order valence-electron chi connectivity index (χ4n) is 2.97. The number of esters is 1. The molecule has 0 saturated carbocycles. The lowest BCUT2D eigenvalue weighted by Gasteiger charge is -2.32. The monoisotopic (exact) mass is 311 g/mol. The lowest BCUT2D eigenvalue weighted by Crippen LogP contribution is -2.45. The first kappa shape index (κ1) is 16.7. The van der Waals surface area contributed by atoms with Gasteiger partial charge in [0, 0.05) is 19.6 Å². The van der Waals surface area contributed by atoms with Gasteiger partial charge in [-0.3, -0.25) is 14.5 Å². The van der Waals surface area contributed by atoms with Crippen molar-refractivity contribution < 1.29 is 19.1 Å². The first-order valence-corrected chi connectivity index (χ1v) is 7.88. The quantitative estimate of drug-likeness (QED) is 0.594. The molecule has 2 aliphatic heterocycles. The maximum atomic E-state index is 12.1. The fourth-order valence-corrected chi connectivity index (χ4v) is 2.97. The zero-order chi connectivity index (χ0) is 16.3. The second-order valence-corrected chi connectivity index (χ2v) is 6.40. The molecule has 0 aromatic rings. The van der Waals surface area contributed by atoms with Crippen LogP contribution in [0.3, 0.4) is 0 Å². The van der Waals surface area contributed by atoms with Gasteiger partial charge in [0.1, 0.15) is 5.54 Å². The summed E-state index contributed by atoms with van der Waals surface area (Å²) in [6, 6.07) is -0.339. The number of nitrogens with zero attached hydrogens (tertiary/aromatic N) is 2. The minimum absolute atomic E-state index is 0.103. The van der Waals surface area contributed by atoms with Crippen LogP contribution in [0, 0.1) is 5.92 Å². The molecule has 2 aliphatic rings. The van der Waals surface area contributed by atoms with Gasteiger partial charge in [0.15, 0.2) is 0 Å². The Morgan fingerprint density at radius 3 is 2.68 bits per heavy atom. The largest absolute Gasteiger partial charge is 0.466 e. The van der Waals surface area contributed by atoms with E-state index >= 15 is 0 Å². The van der Waals surface area contributed by atoms with Crippen LogP contribution < -0.4 is 5.32 Å². The van der Waals surface area contributed by atoms with Crippen LogP contribution in [-0.4, -0.2) is 66.0 Å². The van der Waals surface area contributed by atoms with Gasteiger partial charge in [0.05, 0.1) is 12.5 Å². The molecule has 124 valence electrons. The van der Waals surface area contributed by atoms with E-state index in [2.05, 4.69) is 10.2 Å². The Kier molecular flexibility index (Phi) is 5.05. The Balaban J connectivity index is 1.85. The van der Waals surface area contributed by atoms with Crippen molar-refractivity contribution in [1.82, 2.24) is 15.1 Å². The summed E-state index contributed by atoms with van der Waals surface area (Å²) in [7, 11) is 0. The highest BCUT2D eigenvalue weighted by Gasteiger charge is 2.44. The molecule has 0 aromatic heterocycles. The summed E-state index contributed by atoms with van der Waals surface area (Å²) in [5.41, 5.74) is -0.827. The van der Waals surface area contributed by atoms with Crippen LogP contribution in [0.1, 0.15) is 33.6 Å². The van der Waals surface area contributed by atoms with Gasteiger partial charge < -0.3 is 15.0 Å². The summed E-state index contributed by atoms with van der Waals surface area (Å²) in [5, 5.41) is 2.67. The third-order valence-electron chi connectivity index (χ3n) is 4.21. The second kappa shape index (κ2) is 6.64. The Hall–Kier alpha value is -1.63. The number of nitrogens with one attached hydrogen (secondary N) is 1. The van der Waals surface area contributed by atoms with Crippen molar-refractivity contribution in [1.29, 1.82) is 0 Å². The lowest BCUT2D eigenvalue weighted by molar-refractivity contribution is -0.150. The number of hydrogen-bond donors (Lipinski definition) is 1. The summed E-state index contributed by atoms with van der Waals surface area (Å²) in [6.45, 7) is 8.05. The highest BCUT2D eigenvalue weighted by Crippen LogP contribution is 2.19. The van der Waals surface area contributed by atoms with Crippen molar-refractivity contribution in [2.45, 2.75) is 39.2 Å². The van der Waals surface area contributed by atoms with Gasteiger partial charge in [-0.15, -0.1) is 0 Å². The molecule has 1 atom stereocenters. The predicted molar refractivity (Wildman–Crippen MR) is 80.1 cm³/mol. The van der Waals surface area contributed by atoms with Gasteiger partial charge in [-0.2, -0.15) is 0 Å². The predicted octanol–water partition coefficient (Wildman–Crippen LogP) is 0.592. The highest BCUT2D eigenvalue weighted by atomic mass is 16.5. The van der Waals surface area contributed by atoms with Crippen molar-refractivity contribution in [3.63, 3.8) is 0 Å². The van der Waals surface area contributed by atoms with E-state index in [1.54, 1.807) is 20.8 Å². The van der Waals surface area contributed by atoms with Crippen molar-refractivity contribution in [2.24, 2.45) is 5.92 Å². The average Bonchev–Trinajstić information content (AvgIpc) is 2.66. The van der Waals surface area contributed by atoms with Gasteiger partial charge in [0.2, 0.25) is 0 Å². The van der Waals surface area contributed by atoms with E-state index in [4.69, 9.17) is 4.74 Å². The van der Waals surface area contributed by atoms with E-state index in [0.717, 1.165) is 19.4 Å². The first-order valence-electron chi connectivity index (χ1n) is 7.88. The third kappa shape index (κ3) is 3.58. The molecule has 2 saturated heterocycles. The summed E-state index contributed by atoms with van der Waals surface area (Å²) < 4.78 is 5.07. The number of carbonyl (C=O) groups excluding carboxylic acids is 3. The number of urea groups is 1.